The van der Waals surface area contributed by atoms with E-state index < -0.39 is 10.0 Å². The minimum Gasteiger partial charge on any atom is -0.307 e. The Morgan fingerprint density at radius 1 is 1.16 bits per heavy atom. The minimum absolute atomic E-state index is 0.00607. The molecule has 0 atom stereocenters. The lowest BCUT2D eigenvalue weighted by Crippen LogP contribution is -2.25. The molecule has 0 radical (unpaired) electrons. The number of nitrogens with two attached hydrogens (primary N) is 1. The van der Waals surface area contributed by atoms with Crippen molar-refractivity contribution < 1.29 is 8.42 Å². The summed E-state index contributed by atoms with van der Waals surface area (Å²) in [6.07, 6.45) is 4.65. The highest BCUT2D eigenvalue weighted by molar-refractivity contribution is 7.89. The van der Waals surface area contributed by atoms with Gasteiger partial charge >= 0.3 is 0 Å². The van der Waals surface area contributed by atoms with Gasteiger partial charge in [-0.05, 0) is 29.8 Å². The highest BCUT2D eigenvalue weighted by Gasteiger charge is 2.18. The van der Waals surface area contributed by atoms with Crippen LogP contribution in [-0.2, 0) is 16.6 Å². The van der Waals surface area contributed by atoms with Gasteiger partial charge in [0.1, 0.15) is 4.90 Å². The third kappa shape index (κ3) is 3.25. The molecule has 0 saturated carbocycles. The van der Waals surface area contributed by atoms with Gasteiger partial charge < -0.3 is 5.43 Å². The molecular formula is C11H13N5O2S. The molecule has 2 aromatic heterocycles. The molecule has 0 unspecified atom stereocenters. The van der Waals surface area contributed by atoms with Gasteiger partial charge in [0.25, 0.3) is 0 Å². The van der Waals surface area contributed by atoms with Crippen LogP contribution in [0.3, 0.4) is 0 Å². The van der Waals surface area contributed by atoms with E-state index in [1.807, 2.05) is 0 Å². The maximum absolute atomic E-state index is 12.1. The number of rotatable bonds is 5. The van der Waals surface area contributed by atoms with Crippen LogP contribution in [0, 0.1) is 0 Å². The first-order valence-corrected chi connectivity index (χ1v) is 6.92. The first-order chi connectivity index (χ1) is 9.13. The Bertz CT molecular complexity index is 645. The van der Waals surface area contributed by atoms with Gasteiger partial charge in [0.2, 0.25) is 10.0 Å². The normalized spacial score (nSPS) is 11.2. The van der Waals surface area contributed by atoms with Crippen LogP contribution >= 0.6 is 0 Å². The third-order valence-corrected chi connectivity index (χ3v) is 3.85. The van der Waals surface area contributed by atoms with Crippen LogP contribution < -0.4 is 16.0 Å². The van der Waals surface area contributed by atoms with E-state index >= 15 is 0 Å². The zero-order valence-corrected chi connectivity index (χ0v) is 10.8. The lowest BCUT2D eigenvalue weighted by atomic mass is 10.3. The van der Waals surface area contributed by atoms with Crippen LogP contribution in [0.1, 0.15) is 5.56 Å². The van der Waals surface area contributed by atoms with E-state index in [0.717, 1.165) is 5.56 Å². The molecule has 0 saturated heterocycles. The van der Waals surface area contributed by atoms with Crippen molar-refractivity contribution in [3.05, 3.63) is 48.4 Å². The summed E-state index contributed by atoms with van der Waals surface area (Å²) >= 11 is 0. The van der Waals surface area contributed by atoms with E-state index in [1.54, 1.807) is 24.5 Å². The van der Waals surface area contributed by atoms with Gasteiger partial charge in [0.05, 0.1) is 0 Å². The van der Waals surface area contributed by atoms with E-state index in [4.69, 9.17) is 5.84 Å². The lowest BCUT2D eigenvalue weighted by molar-refractivity contribution is 0.581. The number of anilines is 1. The molecule has 0 bridgehead atoms. The Balaban J connectivity index is 2.19. The summed E-state index contributed by atoms with van der Waals surface area (Å²) in [5.74, 6) is 5.34. The zero-order chi connectivity index (χ0) is 13.7. The first kappa shape index (κ1) is 13.4. The van der Waals surface area contributed by atoms with Crippen molar-refractivity contribution >= 4 is 15.8 Å². The van der Waals surface area contributed by atoms with E-state index in [9.17, 15) is 8.42 Å². The van der Waals surface area contributed by atoms with E-state index in [2.05, 4.69) is 20.1 Å². The second-order valence-electron chi connectivity index (χ2n) is 3.67. The summed E-state index contributed by atoms with van der Waals surface area (Å²) in [6, 6.07) is 6.42. The summed E-state index contributed by atoms with van der Waals surface area (Å²) in [6.45, 7) is 0.170. The second-order valence-corrected chi connectivity index (χ2v) is 5.41. The monoisotopic (exact) mass is 279 g/mol. The number of hydrogen-bond donors (Lipinski definition) is 3. The van der Waals surface area contributed by atoms with E-state index in [-0.39, 0.29) is 17.3 Å². The standard InChI is InChI=1S/C11H13N5O2S/c12-16-11-10(2-1-5-14-11)19(17,18)15-8-9-3-6-13-7-4-9/h1-7,15H,8,12H2,(H,14,16). The average Bonchev–Trinajstić information content (AvgIpc) is 2.46. The predicted octanol–water partition coefficient (Wildman–Crippen LogP) is 0.241. The Kier molecular flexibility index (Phi) is 4.05. The van der Waals surface area contributed by atoms with Crippen molar-refractivity contribution in [2.24, 2.45) is 5.84 Å². The van der Waals surface area contributed by atoms with Gasteiger partial charge in [-0.1, -0.05) is 0 Å². The number of pyridine rings is 2. The summed E-state index contributed by atoms with van der Waals surface area (Å²) in [5, 5.41) is 0. The molecule has 0 amide bonds. The van der Waals surface area contributed by atoms with Gasteiger partial charge in [0, 0.05) is 25.1 Å². The predicted molar refractivity (Wildman–Crippen MR) is 70.3 cm³/mol. The van der Waals surface area contributed by atoms with Crippen molar-refractivity contribution in [2.75, 3.05) is 5.43 Å². The maximum Gasteiger partial charge on any atom is 0.244 e. The van der Waals surface area contributed by atoms with Crippen LogP contribution in [0.2, 0.25) is 0 Å². The van der Waals surface area contributed by atoms with E-state index in [1.165, 1.54) is 18.3 Å². The number of hydrazine groups is 1. The van der Waals surface area contributed by atoms with Crippen LogP contribution in [-0.4, -0.2) is 18.4 Å². The van der Waals surface area contributed by atoms with Crippen molar-refractivity contribution in [1.29, 1.82) is 0 Å². The first-order valence-electron chi connectivity index (χ1n) is 5.43. The molecular weight excluding hydrogens is 266 g/mol. The molecule has 19 heavy (non-hydrogen) atoms. The largest absolute Gasteiger partial charge is 0.307 e. The second kappa shape index (κ2) is 5.74. The average molecular weight is 279 g/mol. The number of aromatic nitrogens is 2. The fourth-order valence-corrected chi connectivity index (χ4v) is 2.61. The number of sulfonamides is 1. The van der Waals surface area contributed by atoms with Gasteiger partial charge in [-0.3, -0.25) is 4.98 Å². The highest BCUT2D eigenvalue weighted by atomic mass is 32.2. The molecule has 8 heteroatoms. The summed E-state index contributed by atoms with van der Waals surface area (Å²) in [5.41, 5.74) is 3.07. The van der Waals surface area contributed by atoms with Gasteiger partial charge in [0.15, 0.2) is 5.82 Å². The number of hydrogen-bond acceptors (Lipinski definition) is 6. The minimum atomic E-state index is -3.68. The molecule has 7 nitrogen and oxygen atoms in total. The van der Waals surface area contributed by atoms with Crippen molar-refractivity contribution in [1.82, 2.24) is 14.7 Å². The van der Waals surface area contributed by atoms with Crippen LogP contribution in [0.15, 0.2) is 47.8 Å². The molecule has 2 aromatic rings. The molecule has 0 aliphatic heterocycles. The van der Waals surface area contributed by atoms with Crippen LogP contribution in [0.5, 0.6) is 0 Å². The van der Waals surface area contributed by atoms with Gasteiger partial charge in [-0.25, -0.2) is 24.0 Å². The smallest absolute Gasteiger partial charge is 0.244 e. The lowest BCUT2D eigenvalue weighted by Gasteiger charge is -2.09. The number of nitrogens with one attached hydrogen (secondary N) is 2. The topological polar surface area (TPSA) is 110 Å². The summed E-state index contributed by atoms with van der Waals surface area (Å²) in [7, 11) is -3.68. The molecule has 0 aromatic carbocycles. The van der Waals surface area contributed by atoms with Crippen LogP contribution in [0.25, 0.3) is 0 Å². The third-order valence-electron chi connectivity index (χ3n) is 2.41. The number of nitrogens with zero attached hydrogens (tertiary/aromatic N) is 2. The van der Waals surface area contributed by atoms with Gasteiger partial charge in [-0.2, -0.15) is 0 Å². The summed E-state index contributed by atoms with van der Waals surface area (Å²) in [4.78, 5) is 7.72. The zero-order valence-electron chi connectivity index (χ0n) is 9.95. The molecule has 4 N–H and O–H groups in total. The Morgan fingerprint density at radius 3 is 2.58 bits per heavy atom. The Labute approximate surface area is 110 Å². The SMILES string of the molecule is NNc1ncccc1S(=O)(=O)NCc1ccncc1. The maximum atomic E-state index is 12.1. The fraction of sp³-hybridized carbons (Fsp3) is 0.0909. The quantitative estimate of drug-likeness (QED) is 0.534. The number of nitrogen functional groups attached to an aromatic ring is 1. The Morgan fingerprint density at radius 2 is 1.89 bits per heavy atom. The van der Waals surface area contributed by atoms with Crippen LogP contribution in [0.4, 0.5) is 5.82 Å². The molecule has 0 aliphatic rings. The molecule has 0 aliphatic carbocycles. The van der Waals surface area contributed by atoms with E-state index in [0.29, 0.717) is 0 Å². The fourth-order valence-electron chi connectivity index (χ4n) is 1.47. The van der Waals surface area contributed by atoms with Crippen molar-refractivity contribution in [2.45, 2.75) is 11.4 Å². The summed E-state index contributed by atoms with van der Waals surface area (Å²) < 4.78 is 26.7. The van der Waals surface area contributed by atoms with Crippen molar-refractivity contribution in [3.8, 4) is 0 Å². The highest BCUT2D eigenvalue weighted by Crippen LogP contribution is 2.16. The molecule has 2 heterocycles. The van der Waals surface area contributed by atoms with Crippen molar-refractivity contribution in [3.63, 3.8) is 0 Å². The molecule has 0 fully saturated rings. The Hall–Kier alpha value is -2.03. The molecule has 100 valence electrons. The molecule has 0 spiro atoms. The molecule has 2 rings (SSSR count). The van der Waals surface area contributed by atoms with Gasteiger partial charge in [-0.15, -0.1) is 0 Å².